The van der Waals surface area contributed by atoms with Crippen LogP contribution in [0, 0.1) is 5.92 Å². The number of fused-ring (bicyclic) bond motifs is 1. The maximum absolute atomic E-state index is 13.4. The van der Waals surface area contributed by atoms with Crippen LogP contribution in [0.25, 0.3) is 10.9 Å². The van der Waals surface area contributed by atoms with E-state index in [1.165, 1.54) is 0 Å². The second kappa shape index (κ2) is 15.5. The summed E-state index contributed by atoms with van der Waals surface area (Å²) in [7, 11) is 0. The molecule has 0 saturated heterocycles. The van der Waals surface area contributed by atoms with Gasteiger partial charge < -0.3 is 37.5 Å². The Hall–Kier alpha value is -4.71. The number of para-hydroxylation sites is 1. The lowest BCUT2D eigenvalue weighted by Crippen LogP contribution is -2.59. The Morgan fingerprint density at radius 2 is 1.51 bits per heavy atom. The molecule has 1 heterocycles. The molecule has 5 unspecified atom stereocenters. The highest BCUT2D eigenvalue weighted by Crippen LogP contribution is 2.19. The summed E-state index contributed by atoms with van der Waals surface area (Å²) in [5.74, 6) is -4.29. The standard InChI is InChI=1S/C31H40N6O6/c1-3-18(2)27(30(41)36-25(31(42)43)15-19-9-5-4-6-10-19)37-29(40)24(13-14-26(33)38)35-28(39)22(32)16-20-17-34-23-12-8-7-11-21(20)23/h4-12,17-18,22,24-25,27,34H,3,13-16,32H2,1-2H3,(H2,33,38)(H,35,39)(H,36,41)(H,37,40)(H,42,43). The summed E-state index contributed by atoms with van der Waals surface area (Å²) in [5, 5.41) is 18.5. The van der Waals surface area contributed by atoms with Gasteiger partial charge in [-0.05, 0) is 36.0 Å². The first kappa shape index (κ1) is 32.8. The van der Waals surface area contributed by atoms with Crippen LogP contribution in [0.15, 0.2) is 60.8 Å². The van der Waals surface area contributed by atoms with E-state index in [-0.39, 0.29) is 31.6 Å². The number of hydrogen-bond donors (Lipinski definition) is 7. The molecule has 0 saturated carbocycles. The number of rotatable bonds is 16. The van der Waals surface area contributed by atoms with E-state index in [2.05, 4.69) is 20.9 Å². The normalized spacial score (nSPS) is 14.6. The molecule has 5 atom stereocenters. The number of hydrogen-bond acceptors (Lipinski definition) is 6. The van der Waals surface area contributed by atoms with E-state index in [1.54, 1.807) is 43.5 Å². The van der Waals surface area contributed by atoms with Crippen LogP contribution in [-0.4, -0.2) is 63.9 Å². The Labute approximate surface area is 250 Å². The van der Waals surface area contributed by atoms with E-state index in [4.69, 9.17) is 11.5 Å². The van der Waals surface area contributed by atoms with Crippen molar-refractivity contribution in [2.24, 2.45) is 17.4 Å². The molecule has 1 aromatic heterocycles. The van der Waals surface area contributed by atoms with Gasteiger partial charge in [0.2, 0.25) is 23.6 Å². The molecule has 0 fully saturated rings. The van der Waals surface area contributed by atoms with Gasteiger partial charge in [-0.25, -0.2) is 4.79 Å². The highest BCUT2D eigenvalue weighted by atomic mass is 16.4. The van der Waals surface area contributed by atoms with Gasteiger partial charge in [-0.15, -0.1) is 0 Å². The number of benzene rings is 2. The second-order valence-electron chi connectivity index (χ2n) is 10.7. The summed E-state index contributed by atoms with van der Waals surface area (Å²) in [6, 6.07) is 11.9. The van der Waals surface area contributed by atoms with Crippen LogP contribution in [0.3, 0.4) is 0 Å². The van der Waals surface area contributed by atoms with Crippen LogP contribution in [0.5, 0.6) is 0 Å². The van der Waals surface area contributed by atoms with Gasteiger partial charge in [0.15, 0.2) is 0 Å². The largest absolute Gasteiger partial charge is 0.480 e. The van der Waals surface area contributed by atoms with Gasteiger partial charge in [0.25, 0.3) is 0 Å². The number of aromatic nitrogens is 1. The number of H-pyrrole nitrogens is 1. The zero-order valence-corrected chi connectivity index (χ0v) is 24.3. The van der Waals surface area contributed by atoms with Crippen LogP contribution >= 0.6 is 0 Å². The van der Waals surface area contributed by atoms with Gasteiger partial charge in [0.05, 0.1) is 6.04 Å². The number of nitrogens with two attached hydrogens (primary N) is 2. The SMILES string of the molecule is CCC(C)C(NC(=O)C(CCC(N)=O)NC(=O)C(N)Cc1c[nH]c2ccccc12)C(=O)NC(Cc1ccccc1)C(=O)O. The first-order chi connectivity index (χ1) is 20.5. The lowest BCUT2D eigenvalue weighted by molar-refractivity contribution is -0.142. The molecule has 4 amide bonds. The summed E-state index contributed by atoms with van der Waals surface area (Å²) in [4.78, 5) is 66.4. The minimum atomic E-state index is -1.23. The van der Waals surface area contributed by atoms with Crippen LogP contribution in [0.1, 0.15) is 44.2 Å². The van der Waals surface area contributed by atoms with E-state index >= 15 is 0 Å². The average Bonchev–Trinajstić information content (AvgIpc) is 3.39. The maximum atomic E-state index is 13.4. The van der Waals surface area contributed by atoms with Crippen molar-refractivity contribution in [3.63, 3.8) is 0 Å². The molecule has 0 spiro atoms. The number of carboxylic acid groups (broad SMARTS) is 1. The van der Waals surface area contributed by atoms with E-state index in [0.29, 0.717) is 6.42 Å². The van der Waals surface area contributed by atoms with Gasteiger partial charge in [-0.2, -0.15) is 0 Å². The second-order valence-corrected chi connectivity index (χ2v) is 10.7. The lowest BCUT2D eigenvalue weighted by atomic mass is 9.96. The molecule has 43 heavy (non-hydrogen) atoms. The van der Waals surface area contributed by atoms with Crippen molar-refractivity contribution in [3.05, 3.63) is 71.9 Å². The number of aromatic amines is 1. The molecule has 2 aromatic carbocycles. The third-order valence-electron chi connectivity index (χ3n) is 7.45. The third-order valence-corrected chi connectivity index (χ3v) is 7.45. The van der Waals surface area contributed by atoms with Gasteiger partial charge in [0, 0.05) is 29.9 Å². The van der Waals surface area contributed by atoms with Crippen molar-refractivity contribution < 1.29 is 29.1 Å². The van der Waals surface area contributed by atoms with E-state index in [1.807, 2.05) is 31.2 Å². The molecular formula is C31H40N6O6. The number of primary amides is 1. The predicted molar refractivity (Wildman–Crippen MR) is 161 cm³/mol. The van der Waals surface area contributed by atoms with Crippen LogP contribution in [0.2, 0.25) is 0 Å². The smallest absolute Gasteiger partial charge is 0.326 e. The van der Waals surface area contributed by atoms with E-state index < -0.39 is 53.8 Å². The zero-order valence-electron chi connectivity index (χ0n) is 24.3. The van der Waals surface area contributed by atoms with Crippen molar-refractivity contribution in [1.29, 1.82) is 0 Å². The minimum absolute atomic E-state index is 0.0503. The molecule has 230 valence electrons. The molecule has 0 aliphatic heterocycles. The summed E-state index contributed by atoms with van der Waals surface area (Å²) in [6.45, 7) is 3.57. The number of carboxylic acids is 1. The Morgan fingerprint density at radius 1 is 0.860 bits per heavy atom. The van der Waals surface area contributed by atoms with E-state index in [0.717, 1.165) is 22.0 Å². The number of carbonyl (C=O) groups is 5. The van der Waals surface area contributed by atoms with Crippen LogP contribution in [0.4, 0.5) is 0 Å². The Balaban J connectivity index is 1.72. The predicted octanol–water partition coefficient (Wildman–Crippen LogP) is 1.13. The van der Waals surface area contributed by atoms with Crippen molar-refractivity contribution in [2.75, 3.05) is 0 Å². The van der Waals surface area contributed by atoms with Crippen molar-refractivity contribution in [1.82, 2.24) is 20.9 Å². The van der Waals surface area contributed by atoms with Crippen LogP contribution < -0.4 is 27.4 Å². The Bertz CT molecular complexity index is 1420. The van der Waals surface area contributed by atoms with Crippen molar-refractivity contribution in [2.45, 2.75) is 70.1 Å². The Kier molecular flexibility index (Phi) is 11.8. The molecule has 0 radical (unpaired) electrons. The molecule has 3 aromatic rings. The average molecular weight is 593 g/mol. The number of carbonyl (C=O) groups excluding carboxylic acids is 4. The summed E-state index contributed by atoms with van der Waals surface area (Å²) in [6.07, 6.45) is 2.18. The van der Waals surface area contributed by atoms with Crippen molar-refractivity contribution in [3.8, 4) is 0 Å². The first-order valence-electron chi connectivity index (χ1n) is 14.3. The Morgan fingerprint density at radius 3 is 2.16 bits per heavy atom. The fourth-order valence-corrected chi connectivity index (χ4v) is 4.73. The summed E-state index contributed by atoms with van der Waals surface area (Å²) < 4.78 is 0. The van der Waals surface area contributed by atoms with E-state index in [9.17, 15) is 29.1 Å². The third kappa shape index (κ3) is 9.40. The van der Waals surface area contributed by atoms with Crippen LogP contribution in [-0.2, 0) is 36.8 Å². The first-order valence-corrected chi connectivity index (χ1v) is 14.3. The molecule has 3 rings (SSSR count). The molecule has 12 nitrogen and oxygen atoms in total. The monoisotopic (exact) mass is 592 g/mol. The van der Waals surface area contributed by atoms with Gasteiger partial charge in [-0.3, -0.25) is 19.2 Å². The van der Waals surface area contributed by atoms with Gasteiger partial charge >= 0.3 is 5.97 Å². The fourth-order valence-electron chi connectivity index (χ4n) is 4.73. The topological polar surface area (TPSA) is 209 Å². The maximum Gasteiger partial charge on any atom is 0.326 e. The number of nitrogens with one attached hydrogen (secondary N) is 4. The molecule has 0 bridgehead atoms. The molecule has 9 N–H and O–H groups in total. The summed E-state index contributed by atoms with van der Waals surface area (Å²) in [5.41, 5.74) is 14.0. The minimum Gasteiger partial charge on any atom is -0.480 e. The lowest BCUT2D eigenvalue weighted by Gasteiger charge is -2.28. The molecule has 0 aliphatic carbocycles. The molecule has 0 aliphatic rings. The number of aliphatic carboxylic acids is 1. The zero-order chi connectivity index (χ0) is 31.5. The van der Waals surface area contributed by atoms with Gasteiger partial charge in [-0.1, -0.05) is 68.8 Å². The summed E-state index contributed by atoms with van der Waals surface area (Å²) >= 11 is 0. The molecular weight excluding hydrogens is 552 g/mol. The quantitative estimate of drug-likeness (QED) is 0.129. The fraction of sp³-hybridized carbons (Fsp3) is 0.387. The van der Waals surface area contributed by atoms with Gasteiger partial charge in [0.1, 0.15) is 18.1 Å². The molecule has 12 heteroatoms. The van der Waals surface area contributed by atoms with Crippen molar-refractivity contribution >= 4 is 40.5 Å². The highest BCUT2D eigenvalue weighted by Gasteiger charge is 2.33. The number of amides is 4. The highest BCUT2D eigenvalue weighted by molar-refractivity contribution is 5.95.